The van der Waals surface area contributed by atoms with Crippen LogP contribution < -0.4 is 5.32 Å². The van der Waals surface area contributed by atoms with Crippen molar-refractivity contribution in [2.45, 2.75) is 43.9 Å². The van der Waals surface area contributed by atoms with Gasteiger partial charge < -0.3 is 5.32 Å². The molecule has 0 aliphatic heterocycles. The van der Waals surface area contributed by atoms with E-state index in [0.717, 1.165) is 24.9 Å². The Bertz CT molecular complexity index is 557. The number of aryl methyl sites for hydroxylation is 1. The molecule has 1 aromatic carbocycles. The third-order valence-corrected chi connectivity index (χ3v) is 5.41. The lowest BCUT2D eigenvalue weighted by Gasteiger charge is -2.29. The second-order valence-corrected chi connectivity index (χ2v) is 7.75. The molecule has 0 saturated heterocycles. The Balaban J connectivity index is 2.04. The average Bonchev–Trinajstić information content (AvgIpc) is 2.33. The number of anilines is 1. The van der Waals surface area contributed by atoms with Crippen molar-refractivity contribution in [3.05, 3.63) is 29.6 Å². The highest BCUT2D eigenvalue weighted by molar-refractivity contribution is 7.91. The van der Waals surface area contributed by atoms with E-state index in [2.05, 4.69) is 5.32 Å². The van der Waals surface area contributed by atoms with Crippen LogP contribution in [0.1, 0.15) is 31.2 Å². The molecule has 0 aromatic heterocycles. The molecule has 3 nitrogen and oxygen atoms in total. The average molecular weight is 285 g/mol. The fraction of sp³-hybridized carbons (Fsp3) is 0.571. The summed E-state index contributed by atoms with van der Waals surface area (Å²) in [7, 11) is -2.98. The molecule has 0 spiro atoms. The zero-order chi connectivity index (χ0) is 14.0. The number of hydrogen-bond acceptors (Lipinski definition) is 3. The van der Waals surface area contributed by atoms with Crippen LogP contribution in [0.5, 0.6) is 0 Å². The number of sulfone groups is 1. The van der Waals surface area contributed by atoms with E-state index in [0.29, 0.717) is 12.0 Å². The number of halogens is 1. The molecule has 2 rings (SSSR count). The standard InChI is InChI=1S/C14H20FNO2S/c1-10-6-7-12(9-14(10)15)16-11-4-3-5-13(8-11)19(2,17)18/h6-7,9,11,13,16H,3-5,8H2,1-2H3. The number of nitrogens with one attached hydrogen (secondary N) is 1. The Hall–Kier alpha value is -1.10. The second kappa shape index (κ2) is 5.49. The fourth-order valence-electron chi connectivity index (χ4n) is 2.58. The Morgan fingerprint density at radius 3 is 2.68 bits per heavy atom. The van der Waals surface area contributed by atoms with Crippen LogP contribution in [0.15, 0.2) is 18.2 Å². The lowest BCUT2D eigenvalue weighted by atomic mass is 9.94. The highest BCUT2D eigenvalue weighted by atomic mass is 32.2. The van der Waals surface area contributed by atoms with E-state index >= 15 is 0 Å². The second-order valence-electron chi connectivity index (χ2n) is 5.42. The first-order valence-corrected chi connectivity index (χ1v) is 8.53. The largest absolute Gasteiger partial charge is 0.382 e. The summed E-state index contributed by atoms with van der Waals surface area (Å²) in [6.45, 7) is 1.72. The molecule has 0 heterocycles. The smallest absolute Gasteiger partial charge is 0.150 e. The van der Waals surface area contributed by atoms with Gasteiger partial charge in [-0.3, -0.25) is 0 Å². The maximum absolute atomic E-state index is 13.5. The van der Waals surface area contributed by atoms with Crippen LogP contribution in [0.4, 0.5) is 10.1 Å². The Morgan fingerprint density at radius 2 is 2.05 bits per heavy atom. The minimum Gasteiger partial charge on any atom is -0.382 e. The molecule has 5 heteroatoms. The lowest BCUT2D eigenvalue weighted by Crippen LogP contribution is -2.34. The Morgan fingerprint density at radius 1 is 1.32 bits per heavy atom. The summed E-state index contributed by atoms with van der Waals surface area (Å²) in [6.07, 6.45) is 4.46. The summed E-state index contributed by atoms with van der Waals surface area (Å²) in [6, 6.07) is 5.15. The molecule has 1 aliphatic rings. The van der Waals surface area contributed by atoms with Gasteiger partial charge in [0.2, 0.25) is 0 Å². The van der Waals surface area contributed by atoms with Crippen LogP contribution in [-0.2, 0) is 9.84 Å². The predicted molar refractivity (Wildman–Crippen MR) is 75.6 cm³/mol. The van der Waals surface area contributed by atoms with E-state index in [9.17, 15) is 12.8 Å². The van der Waals surface area contributed by atoms with Crippen LogP contribution in [0.25, 0.3) is 0 Å². The topological polar surface area (TPSA) is 46.2 Å². The van der Waals surface area contributed by atoms with Gasteiger partial charge >= 0.3 is 0 Å². The van der Waals surface area contributed by atoms with E-state index < -0.39 is 9.84 Å². The van der Waals surface area contributed by atoms with Crippen LogP contribution in [-0.4, -0.2) is 26.0 Å². The summed E-state index contributed by atoms with van der Waals surface area (Å²) in [4.78, 5) is 0. The number of benzene rings is 1. The quantitative estimate of drug-likeness (QED) is 0.929. The van der Waals surface area contributed by atoms with Crippen molar-refractivity contribution in [3.63, 3.8) is 0 Å². The molecule has 1 fully saturated rings. The van der Waals surface area contributed by atoms with Crippen molar-refractivity contribution in [2.75, 3.05) is 11.6 Å². The molecule has 1 N–H and O–H groups in total. The summed E-state index contributed by atoms with van der Waals surface area (Å²) in [5.74, 6) is -0.236. The Kier molecular flexibility index (Phi) is 4.13. The molecule has 2 unspecified atom stereocenters. The summed E-state index contributed by atoms with van der Waals surface area (Å²) in [5.41, 5.74) is 1.34. The van der Waals surface area contributed by atoms with Gasteiger partial charge in [0.25, 0.3) is 0 Å². The van der Waals surface area contributed by atoms with Gasteiger partial charge in [0.1, 0.15) is 15.7 Å². The Labute approximate surface area is 114 Å². The summed E-state index contributed by atoms with van der Waals surface area (Å²) in [5, 5.41) is 2.98. The van der Waals surface area contributed by atoms with Crippen LogP contribution in [0.2, 0.25) is 0 Å². The van der Waals surface area contributed by atoms with E-state index in [1.54, 1.807) is 13.0 Å². The fourth-order valence-corrected chi connectivity index (χ4v) is 3.76. The van der Waals surface area contributed by atoms with Crippen molar-refractivity contribution in [3.8, 4) is 0 Å². The first-order chi connectivity index (χ1) is 8.86. The molecule has 0 bridgehead atoms. The molecule has 0 radical (unpaired) electrons. The van der Waals surface area contributed by atoms with Crippen LogP contribution >= 0.6 is 0 Å². The maximum atomic E-state index is 13.5. The van der Waals surface area contributed by atoms with Gasteiger partial charge in [-0.1, -0.05) is 12.5 Å². The minimum absolute atomic E-state index is 0.107. The molecular formula is C14H20FNO2S. The van der Waals surface area contributed by atoms with Crippen molar-refractivity contribution < 1.29 is 12.8 Å². The van der Waals surface area contributed by atoms with Crippen molar-refractivity contribution in [1.82, 2.24) is 0 Å². The molecule has 2 atom stereocenters. The van der Waals surface area contributed by atoms with Gasteiger partial charge in [-0.25, -0.2) is 12.8 Å². The van der Waals surface area contributed by atoms with E-state index in [4.69, 9.17) is 0 Å². The maximum Gasteiger partial charge on any atom is 0.150 e. The van der Waals surface area contributed by atoms with E-state index in [-0.39, 0.29) is 17.1 Å². The molecule has 1 aromatic rings. The predicted octanol–water partition coefficient (Wildman–Crippen LogP) is 2.90. The first kappa shape index (κ1) is 14.3. The molecule has 106 valence electrons. The highest BCUT2D eigenvalue weighted by Crippen LogP contribution is 2.26. The first-order valence-electron chi connectivity index (χ1n) is 6.58. The summed E-state index contributed by atoms with van der Waals surface area (Å²) >= 11 is 0. The zero-order valence-corrected chi connectivity index (χ0v) is 12.1. The molecule has 0 amide bonds. The SMILES string of the molecule is Cc1ccc(NC2CCCC(S(C)(=O)=O)C2)cc1F. The third kappa shape index (κ3) is 3.69. The molecular weight excluding hydrogens is 265 g/mol. The molecule has 19 heavy (non-hydrogen) atoms. The van der Waals surface area contributed by atoms with E-state index in [1.807, 2.05) is 6.07 Å². The number of rotatable bonds is 3. The van der Waals surface area contributed by atoms with E-state index in [1.165, 1.54) is 12.3 Å². The van der Waals surface area contributed by atoms with Crippen LogP contribution in [0.3, 0.4) is 0 Å². The van der Waals surface area contributed by atoms with Crippen molar-refractivity contribution in [1.29, 1.82) is 0 Å². The van der Waals surface area contributed by atoms with Gasteiger partial charge in [0, 0.05) is 18.0 Å². The minimum atomic E-state index is -2.98. The highest BCUT2D eigenvalue weighted by Gasteiger charge is 2.28. The number of hydrogen-bond donors (Lipinski definition) is 1. The van der Waals surface area contributed by atoms with Gasteiger partial charge in [0.05, 0.1) is 5.25 Å². The third-order valence-electron chi connectivity index (χ3n) is 3.77. The normalized spacial score (nSPS) is 24.2. The molecule has 1 aliphatic carbocycles. The monoisotopic (exact) mass is 285 g/mol. The van der Waals surface area contributed by atoms with Gasteiger partial charge in [-0.2, -0.15) is 0 Å². The molecule has 1 saturated carbocycles. The van der Waals surface area contributed by atoms with Crippen molar-refractivity contribution >= 4 is 15.5 Å². The van der Waals surface area contributed by atoms with Gasteiger partial charge in [-0.05, 0) is 43.9 Å². The van der Waals surface area contributed by atoms with Gasteiger partial charge in [-0.15, -0.1) is 0 Å². The van der Waals surface area contributed by atoms with Crippen molar-refractivity contribution in [2.24, 2.45) is 0 Å². The lowest BCUT2D eigenvalue weighted by molar-refractivity contribution is 0.452. The zero-order valence-electron chi connectivity index (χ0n) is 11.3. The van der Waals surface area contributed by atoms with Crippen LogP contribution in [0, 0.1) is 12.7 Å². The summed E-state index contributed by atoms with van der Waals surface area (Å²) < 4.78 is 36.7. The van der Waals surface area contributed by atoms with Gasteiger partial charge in [0.15, 0.2) is 0 Å².